The lowest BCUT2D eigenvalue weighted by molar-refractivity contribution is -0.0106. The summed E-state index contributed by atoms with van der Waals surface area (Å²) in [5, 5.41) is 12.4. The summed E-state index contributed by atoms with van der Waals surface area (Å²) >= 11 is 3.55. The van der Waals surface area contributed by atoms with Gasteiger partial charge in [-0.2, -0.15) is 0 Å². The van der Waals surface area contributed by atoms with Gasteiger partial charge >= 0.3 is 0 Å². The van der Waals surface area contributed by atoms with Gasteiger partial charge in [0.1, 0.15) is 22.4 Å². The number of hydrogen-bond donors (Lipinski definition) is 2. The second kappa shape index (κ2) is 6.49. The van der Waals surface area contributed by atoms with Crippen molar-refractivity contribution in [3.63, 3.8) is 0 Å². The summed E-state index contributed by atoms with van der Waals surface area (Å²) in [6.45, 7) is 6.12. The fourth-order valence-corrected chi connectivity index (χ4v) is 2.65. The molecular weight excluding hydrogens is 312 g/mol. The minimum Gasteiger partial charge on any atom is -0.394 e. The molecule has 0 spiro atoms. The monoisotopic (exact) mass is 330 g/mol. The molecule has 1 saturated heterocycles. The van der Waals surface area contributed by atoms with E-state index in [0.29, 0.717) is 13.2 Å². The van der Waals surface area contributed by atoms with Crippen LogP contribution in [0.4, 0.5) is 11.6 Å². The highest BCUT2D eigenvalue weighted by Crippen LogP contribution is 2.31. The zero-order valence-corrected chi connectivity index (χ0v) is 12.7. The van der Waals surface area contributed by atoms with Crippen LogP contribution in [0.2, 0.25) is 0 Å². The van der Waals surface area contributed by atoms with Crippen molar-refractivity contribution in [3.8, 4) is 0 Å². The molecule has 106 valence electrons. The number of halogens is 1. The highest BCUT2D eigenvalue weighted by Gasteiger charge is 2.28. The average molecular weight is 331 g/mol. The summed E-state index contributed by atoms with van der Waals surface area (Å²) in [7, 11) is 0. The zero-order valence-electron chi connectivity index (χ0n) is 11.1. The van der Waals surface area contributed by atoms with Gasteiger partial charge in [0, 0.05) is 13.1 Å². The van der Waals surface area contributed by atoms with Crippen LogP contribution in [0.15, 0.2) is 10.8 Å². The summed E-state index contributed by atoms with van der Waals surface area (Å²) in [6.07, 6.45) is 1.38. The van der Waals surface area contributed by atoms with Crippen LogP contribution in [0.1, 0.15) is 13.8 Å². The van der Waals surface area contributed by atoms with Gasteiger partial charge in [-0.1, -0.05) is 0 Å². The van der Waals surface area contributed by atoms with Gasteiger partial charge in [0.25, 0.3) is 0 Å². The molecule has 0 aliphatic carbocycles. The Labute approximate surface area is 121 Å². The van der Waals surface area contributed by atoms with Crippen molar-refractivity contribution < 1.29 is 9.84 Å². The number of ether oxygens (including phenoxy) is 1. The summed E-state index contributed by atoms with van der Waals surface area (Å²) in [4.78, 5) is 10.7. The molecule has 1 aromatic heterocycles. The standard InChI is InChI=1S/C12H19BrN4O2/c1-3-14-11-10(13)12(16-7-15-11)17-4-9(5-18)19-6-8(17)2/h7-9,18H,3-6H2,1-2H3,(H,14,15,16). The van der Waals surface area contributed by atoms with E-state index in [4.69, 9.17) is 4.74 Å². The first-order valence-electron chi connectivity index (χ1n) is 6.40. The number of nitrogens with one attached hydrogen (secondary N) is 1. The molecule has 0 bridgehead atoms. The number of anilines is 2. The predicted octanol–water partition coefficient (Wildman–Crippen LogP) is 1.26. The molecule has 0 radical (unpaired) electrons. The van der Waals surface area contributed by atoms with E-state index in [-0.39, 0.29) is 18.8 Å². The quantitative estimate of drug-likeness (QED) is 0.866. The molecule has 2 atom stereocenters. The average Bonchev–Trinajstić information content (AvgIpc) is 2.42. The number of aliphatic hydroxyl groups is 1. The van der Waals surface area contributed by atoms with Crippen LogP contribution in [0.25, 0.3) is 0 Å². The lowest BCUT2D eigenvalue weighted by atomic mass is 10.2. The molecule has 1 fully saturated rings. The van der Waals surface area contributed by atoms with Crippen molar-refractivity contribution in [2.75, 3.05) is 36.5 Å². The molecular formula is C12H19BrN4O2. The number of aromatic nitrogens is 2. The molecule has 2 N–H and O–H groups in total. The van der Waals surface area contributed by atoms with Gasteiger partial charge in [-0.25, -0.2) is 9.97 Å². The van der Waals surface area contributed by atoms with Crippen molar-refractivity contribution in [1.29, 1.82) is 0 Å². The largest absolute Gasteiger partial charge is 0.394 e. The topological polar surface area (TPSA) is 70.5 Å². The Kier molecular flexibility index (Phi) is 4.95. The van der Waals surface area contributed by atoms with Gasteiger partial charge in [0.05, 0.1) is 25.4 Å². The van der Waals surface area contributed by atoms with Crippen molar-refractivity contribution in [1.82, 2.24) is 9.97 Å². The number of morpholine rings is 1. The van der Waals surface area contributed by atoms with Crippen molar-refractivity contribution in [2.45, 2.75) is 26.0 Å². The number of aliphatic hydroxyl groups excluding tert-OH is 1. The van der Waals surface area contributed by atoms with E-state index < -0.39 is 0 Å². The SMILES string of the molecule is CCNc1ncnc(N2CC(CO)OCC2C)c1Br. The molecule has 19 heavy (non-hydrogen) atoms. The molecule has 2 rings (SSSR count). The zero-order chi connectivity index (χ0) is 13.8. The molecule has 1 aliphatic heterocycles. The van der Waals surface area contributed by atoms with Gasteiger partial charge in [-0.05, 0) is 29.8 Å². The molecule has 1 aromatic rings. The Morgan fingerprint density at radius 2 is 2.37 bits per heavy atom. The van der Waals surface area contributed by atoms with Crippen molar-refractivity contribution >= 4 is 27.6 Å². The first-order chi connectivity index (χ1) is 9.17. The van der Waals surface area contributed by atoms with Crippen LogP contribution in [0, 0.1) is 0 Å². The van der Waals surface area contributed by atoms with E-state index in [1.807, 2.05) is 6.92 Å². The molecule has 0 saturated carbocycles. The number of rotatable bonds is 4. The predicted molar refractivity (Wildman–Crippen MR) is 77.5 cm³/mol. The summed E-state index contributed by atoms with van der Waals surface area (Å²) in [6, 6.07) is 0.212. The lowest BCUT2D eigenvalue weighted by Crippen LogP contribution is -2.50. The molecule has 2 heterocycles. The number of nitrogens with zero attached hydrogens (tertiary/aromatic N) is 3. The summed E-state index contributed by atoms with van der Waals surface area (Å²) < 4.78 is 6.39. The highest BCUT2D eigenvalue weighted by atomic mass is 79.9. The van der Waals surface area contributed by atoms with E-state index in [2.05, 4.69) is 43.0 Å². The van der Waals surface area contributed by atoms with E-state index in [0.717, 1.165) is 22.7 Å². The minimum atomic E-state index is -0.166. The molecule has 7 heteroatoms. The van der Waals surface area contributed by atoms with Crippen molar-refractivity contribution in [3.05, 3.63) is 10.8 Å². The Hall–Kier alpha value is -0.920. The van der Waals surface area contributed by atoms with Crippen LogP contribution in [0.3, 0.4) is 0 Å². The van der Waals surface area contributed by atoms with Gasteiger partial charge < -0.3 is 20.1 Å². The number of hydrogen-bond acceptors (Lipinski definition) is 6. The first-order valence-corrected chi connectivity index (χ1v) is 7.20. The van der Waals surface area contributed by atoms with Crippen LogP contribution in [0.5, 0.6) is 0 Å². The van der Waals surface area contributed by atoms with Crippen molar-refractivity contribution in [2.24, 2.45) is 0 Å². The Morgan fingerprint density at radius 3 is 3.05 bits per heavy atom. The summed E-state index contributed by atoms with van der Waals surface area (Å²) in [5.74, 6) is 1.62. The minimum absolute atomic E-state index is 0.0198. The Balaban J connectivity index is 2.26. The van der Waals surface area contributed by atoms with Gasteiger partial charge in [-0.15, -0.1) is 0 Å². The van der Waals surface area contributed by atoms with E-state index >= 15 is 0 Å². The van der Waals surface area contributed by atoms with Gasteiger partial charge in [0.15, 0.2) is 0 Å². The molecule has 2 unspecified atom stereocenters. The third kappa shape index (κ3) is 3.16. The maximum atomic E-state index is 9.24. The molecule has 6 nitrogen and oxygen atoms in total. The maximum Gasteiger partial charge on any atom is 0.148 e. The smallest absolute Gasteiger partial charge is 0.148 e. The molecule has 0 amide bonds. The molecule has 1 aliphatic rings. The second-order valence-electron chi connectivity index (χ2n) is 4.53. The fourth-order valence-electron chi connectivity index (χ4n) is 2.07. The van der Waals surface area contributed by atoms with Crippen LogP contribution >= 0.6 is 15.9 Å². The van der Waals surface area contributed by atoms with E-state index in [1.165, 1.54) is 0 Å². The molecule has 0 aromatic carbocycles. The highest BCUT2D eigenvalue weighted by molar-refractivity contribution is 9.10. The first kappa shape index (κ1) is 14.5. The third-order valence-electron chi connectivity index (χ3n) is 3.10. The van der Waals surface area contributed by atoms with Gasteiger partial charge in [-0.3, -0.25) is 0 Å². The summed E-state index contributed by atoms with van der Waals surface area (Å²) in [5.41, 5.74) is 0. The fraction of sp³-hybridized carbons (Fsp3) is 0.667. The maximum absolute atomic E-state index is 9.24. The van der Waals surface area contributed by atoms with Crippen LogP contribution in [-0.2, 0) is 4.74 Å². The third-order valence-corrected chi connectivity index (χ3v) is 3.83. The Bertz CT molecular complexity index is 432. The van der Waals surface area contributed by atoms with Crippen LogP contribution < -0.4 is 10.2 Å². The normalized spacial score (nSPS) is 23.5. The van der Waals surface area contributed by atoms with E-state index in [9.17, 15) is 5.11 Å². The second-order valence-corrected chi connectivity index (χ2v) is 5.32. The lowest BCUT2D eigenvalue weighted by Gasteiger charge is -2.38. The van der Waals surface area contributed by atoms with Crippen LogP contribution in [-0.4, -0.2) is 53.5 Å². The van der Waals surface area contributed by atoms with E-state index in [1.54, 1.807) is 6.33 Å². The van der Waals surface area contributed by atoms with Gasteiger partial charge in [0.2, 0.25) is 0 Å². The Morgan fingerprint density at radius 1 is 1.58 bits per heavy atom.